The Kier molecular flexibility index (Phi) is 4.35. The topological polar surface area (TPSA) is 55.3 Å². The van der Waals surface area contributed by atoms with Crippen molar-refractivity contribution in [1.82, 2.24) is 9.97 Å². The lowest BCUT2D eigenvalue weighted by molar-refractivity contribution is -0.148. The van der Waals surface area contributed by atoms with Crippen LogP contribution in [0.15, 0.2) is 6.20 Å². The molecule has 2 heterocycles. The van der Waals surface area contributed by atoms with Gasteiger partial charge in [-0.05, 0) is 33.6 Å². The standard InChI is InChI=1S/C14H21N3O2/c1-4-19-14(18)12-5-7-17(8-6-12)13-9-15-10(2)11(3)16-13/h9,12H,4-8H2,1-3H3. The molecule has 0 radical (unpaired) electrons. The Bertz CT molecular complexity index is 454. The number of carbonyl (C=O) groups is 1. The maximum atomic E-state index is 11.7. The van der Waals surface area contributed by atoms with E-state index in [9.17, 15) is 4.79 Å². The van der Waals surface area contributed by atoms with Gasteiger partial charge in [-0.1, -0.05) is 0 Å². The highest BCUT2D eigenvalue weighted by Gasteiger charge is 2.26. The third kappa shape index (κ3) is 3.22. The zero-order valence-electron chi connectivity index (χ0n) is 11.8. The molecule has 19 heavy (non-hydrogen) atoms. The third-order valence-electron chi connectivity index (χ3n) is 3.62. The SMILES string of the molecule is CCOC(=O)C1CCN(c2cnc(C)c(C)n2)CC1. The number of hydrogen-bond acceptors (Lipinski definition) is 5. The number of esters is 1. The van der Waals surface area contributed by atoms with Gasteiger partial charge in [0.05, 0.1) is 30.1 Å². The molecule has 1 aromatic rings. The van der Waals surface area contributed by atoms with Crippen LogP contribution in [0.4, 0.5) is 5.82 Å². The van der Waals surface area contributed by atoms with Crippen molar-refractivity contribution in [3.05, 3.63) is 17.6 Å². The van der Waals surface area contributed by atoms with Crippen LogP contribution in [0, 0.1) is 19.8 Å². The first-order valence-corrected chi connectivity index (χ1v) is 6.83. The second kappa shape index (κ2) is 5.99. The zero-order chi connectivity index (χ0) is 13.8. The average molecular weight is 263 g/mol. The normalized spacial score (nSPS) is 16.5. The Labute approximate surface area is 114 Å². The molecule has 0 bridgehead atoms. The van der Waals surface area contributed by atoms with E-state index in [-0.39, 0.29) is 11.9 Å². The minimum atomic E-state index is -0.0617. The van der Waals surface area contributed by atoms with Crippen molar-refractivity contribution < 1.29 is 9.53 Å². The van der Waals surface area contributed by atoms with Gasteiger partial charge in [0.25, 0.3) is 0 Å². The number of ether oxygens (including phenoxy) is 1. The summed E-state index contributed by atoms with van der Waals surface area (Å²) in [5, 5.41) is 0. The molecule has 0 aromatic carbocycles. The van der Waals surface area contributed by atoms with Crippen LogP contribution in [0.2, 0.25) is 0 Å². The van der Waals surface area contributed by atoms with Crippen LogP contribution in [0.1, 0.15) is 31.2 Å². The molecule has 104 valence electrons. The number of rotatable bonds is 3. The maximum Gasteiger partial charge on any atom is 0.309 e. The monoisotopic (exact) mass is 263 g/mol. The number of aromatic nitrogens is 2. The molecule has 1 aliphatic rings. The molecule has 5 nitrogen and oxygen atoms in total. The molecule has 0 unspecified atom stereocenters. The van der Waals surface area contributed by atoms with E-state index in [2.05, 4.69) is 14.9 Å². The molecular weight excluding hydrogens is 242 g/mol. The average Bonchev–Trinajstić information content (AvgIpc) is 2.42. The van der Waals surface area contributed by atoms with E-state index in [1.807, 2.05) is 27.0 Å². The van der Waals surface area contributed by atoms with Crippen LogP contribution in [0.5, 0.6) is 0 Å². The summed E-state index contributed by atoms with van der Waals surface area (Å²) in [4.78, 5) is 22.8. The fourth-order valence-electron chi connectivity index (χ4n) is 2.29. The molecule has 1 aromatic heterocycles. The van der Waals surface area contributed by atoms with Crippen LogP contribution in [0.25, 0.3) is 0 Å². The summed E-state index contributed by atoms with van der Waals surface area (Å²) >= 11 is 0. The van der Waals surface area contributed by atoms with Crippen LogP contribution >= 0.6 is 0 Å². The van der Waals surface area contributed by atoms with Gasteiger partial charge >= 0.3 is 5.97 Å². The lowest BCUT2D eigenvalue weighted by atomic mass is 9.97. The number of nitrogens with zero attached hydrogens (tertiary/aromatic N) is 3. The number of anilines is 1. The summed E-state index contributed by atoms with van der Waals surface area (Å²) in [6.45, 7) is 7.90. The molecule has 0 spiro atoms. The van der Waals surface area contributed by atoms with Gasteiger partial charge in [0.15, 0.2) is 0 Å². The van der Waals surface area contributed by atoms with Crippen LogP contribution in [0.3, 0.4) is 0 Å². The Morgan fingerprint density at radius 3 is 2.63 bits per heavy atom. The highest BCUT2D eigenvalue weighted by atomic mass is 16.5. The summed E-state index contributed by atoms with van der Waals surface area (Å²) in [5.74, 6) is 0.884. The fourth-order valence-corrected chi connectivity index (χ4v) is 2.29. The predicted octanol–water partition coefficient (Wildman–Crippen LogP) is 1.87. The number of hydrogen-bond donors (Lipinski definition) is 0. The van der Waals surface area contributed by atoms with Gasteiger partial charge in [0.1, 0.15) is 5.82 Å². The Hall–Kier alpha value is -1.65. The van der Waals surface area contributed by atoms with Gasteiger partial charge in [-0.3, -0.25) is 9.78 Å². The van der Waals surface area contributed by atoms with Crippen molar-refractivity contribution in [2.45, 2.75) is 33.6 Å². The van der Waals surface area contributed by atoms with Gasteiger partial charge in [0.2, 0.25) is 0 Å². The first-order chi connectivity index (χ1) is 9.11. The third-order valence-corrected chi connectivity index (χ3v) is 3.62. The van der Waals surface area contributed by atoms with Gasteiger partial charge in [-0.15, -0.1) is 0 Å². The van der Waals surface area contributed by atoms with E-state index in [0.29, 0.717) is 6.61 Å². The van der Waals surface area contributed by atoms with Gasteiger partial charge < -0.3 is 9.64 Å². The molecule has 0 saturated carbocycles. The lowest BCUT2D eigenvalue weighted by Crippen LogP contribution is -2.37. The van der Waals surface area contributed by atoms with Gasteiger partial charge in [-0.2, -0.15) is 0 Å². The van der Waals surface area contributed by atoms with Crippen LogP contribution in [-0.2, 0) is 9.53 Å². The predicted molar refractivity (Wildman–Crippen MR) is 73.1 cm³/mol. The second-order valence-electron chi connectivity index (χ2n) is 4.91. The lowest BCUT2D eigenvalue weighted by Gasteiger charge is -2.31. The Morgan fingerprint density at radius 2 is 2.05 bits per heavy atom. The second-order valence-corrected chi connectivity index (χ2v) is 4.91. The minimum Gasteiger partial charge on any atom is -0.466 e. The van der Waals surface area contributed by atoms with Crippen LogP contribution in [-0.4, -0.2) is 35.6 Å². The molecule has 0 atom stereocenters. The quantitative estimate of drug-likeness (QED) is 0.779. The van der Waals surface area contributed by atoms with Crippen LogP contribution < -0.4 is 4.90 Å². The van der Waals surface area contributed by atoms with E-state index < -0.39 is 0 Å². The first kappa shape index (κ1) is 13.8. The molecule has 1 aliphatic heterocycles. The summed E-state index contributed by atoms with van der Waals surface area (Å²) in [7, 11) is 0. The highest BCUT2D eigenvalue weighted by molar-refractivity contribution is 5.72. The van der Waals surface area contributed by atoms with E-state index in [4.69, 9.17) is 4.74 Å². The molecular formula is C14H21N3O2. The summed E-state index contributed by atoms with van der Waals surface area (Å²) in [6.07, 6.45) is 3.47. The van der Waals surface area contributed by atoms with Crippen molar-refractivity contribution in [2.24, 2.45) is 5.92 Å². The molecule has 1 fully saturated rings. The van der Waals surface area contributed by atoms with Crippen molar-refractivity contribution in [2.75, 3.05) is 24.6 Å². The zero-order valence-corrected chi connectivity index (χ0v) is 11.8. The van der Waals surface area contributed by atoms with Crippen molar-refractivity contribution in [3.63, 3.8) is 0 Å². The number of piperidine rings is 1. The maximum absolute atomic E-state index is 11.7. The van der Waals surface area contributed by atoms with Gasteiger partial charge in [0, 0.05) is 13.1 Å². The van der Waals surface area contributed by atoms with E-state index in [1.54, 1.807) is 0 Å². The Morgan fingerprint density at radius 1 is 1.37 bits per heavy atom. The summed E-state index contributed by atoms with van der Waals surface area (Å²) in [6, 6.07) is 0. The molecule has 0 aliphatic carbocycles. The van der Waals surface area contributed by atoms with Crippen molar-refractivity contribution in [3.8, 4) is 0 Å². The molecule has 0 amide bonds. The van der Waals surface area contributed by atoms with E-state index in [0.717, 1.165) is 43.1 Å². The molecule has 2 rings (SSSR count). The summed E-state index contributed by atoms with van der Waals surface area (Å²) < 4.78 is 5.07. The first-order valence-electron chi connectivity index (χ1n) is 6.83. The molecule has 0 N–H and O–H groups in total. The smallest absolute Gasteiger partial charge is 0.309 e. The largest absolute Gasteiger partial charge is 0.466 e. The van der Waals surface area contributed by atoms with Gasteiger partial charge in [-0.25, -0.2) is 4.98 Å². The fraction of sp³-hybridized carbons (Fsp3) is 0.643. The van der Waals surface area contributed by atoms with E-state index in [1.165, 1.54) is 0 Å². The highest BCUT2D eigenvalue weighted by Crippen LogP contribution is 2.22. The molecule has 5 heteroatoms. The van der Waals surface area contributed by atoms with E-state index >= 15 is 0 Å². The minimum absolute atomic E-state index is 0.0377. The Balaban J connectivity index is 1.96. The van der Waals surface area contributed by atoms with Crippen molar-refractivity contribution >= 4 is 11.8 Å². The summed E-state index contributed by atoms with van der Waals surface area (Å²) in [5.41, 5.74) is 1.93. The van der Waals surface area contributed by atoms with Crippen molar-refractivity contribution in [1.29, 1.82) is 0 Å². The molecule has 1 saturated heterocycles. The number of aryl methyl sites for hydroxylation is 2. The number of carbonyl (C=O) groups excluding carboxylic acids is 1.